The summed E-state index contributed by atoms with van der Waals surface area (Å²) in [7, 11) is 0. The maximum Gasteiger partial charge on any atom is 0.159 e. The van der Waals surface area contributed by atoms with Gasteiger partial charge in [-0.3, -0.25) is 9.69 Å². The summed E-state index contributed by atoms with van der Waals surface area (Å²) in [6, 6.07) is 15.9. The second-order valence-corrected chi connectivity index (χ2v) is 6.59. The van der Waals surface area contributed by atoms with E-state index in [9.17, 15) is 10.1 Å². The highest BCUT2D eigenvalue weighted by Crippen LogP contribution is 2.19. The summed E-state index contributed by atoms with van der Waals surface area (Å²) in [5.74, 6) is 0.000139. The third kappa shape index (κ3) is 4.46. The lowest BCUT2D eigenvalue weighted by atomic mass is 10.1. The van der Waals surface area contributed by atoms with Gasteiger partial charge in [-0.2, -0.15) is 5.26 Å². The molecule has 1 saturated heterocycles. The molecule has 1 heterocycles. The van der Waals surface area contributed by atoms with Gasteiger partial charge in [0.1, 0.15) is 6.07 Å². The van der Waals surface area contributed by atoms with E-state index in [1.165, 1.54) is 44.0 Å². The molecule has 2 aromatic carbocycles. The lowest BCUT2D eigenvalue weighted by Gasteiger charge is -2.15. The summed E-state index contributed by atoms with van der Waals surface area (Å²) in [4.78, 5) is 14.0. The van der Waals surface area contributed by atoms with Crippen molar-refractivity contribution in [2.24, 2.45) is 0 Å². The van der Waals surface area contributed by atoms with Crippen LogP contribution >= 0.6 is 0 Å². The Balaban J connectivity index is 1.70. The van der Waals surface area contributed by atoms with E-state index in [1.807, 2.05) is 0 Å². The van der Waals surface area contributed by atoms with E-state index >= 15 is 0 Å². The minimum absolute atomic E-state index is 0.000139. The van der Waals surface area contributed by atoms with Gasteiger partial charge in [-0.25, -0.2) is 0 Å². The summed E-state index contributed by atoms with van der Waals surface area (Å²) in [5, 5.41) is 12.6. The standard InChI is InChI=1S/C21H23N3O/c1-16(25)19-7-8-20(13-22)21(12-19)23-14-17-5-4-6-18(11-17)15-24-9-2-3-10-24/h4-8,11-12,23H,2-3,9-10,14-15H2,1H3. The Labute approximate surface area is 149 Å². The van der Waals surface area contributed by atoms with Crippen LogP contribution in [0.4, 0.5) is 5.69 Å². The van der Waals surface area contributed by atoms with Crippen molar-refractivity contribution >= 4 is 11.5 Å². The number of anilines is 1. The predicted octanol–water partition coefficient (Wildman–Crippen LogP) is 3.97. The molecule has 128 valence electrons. The largest absolute Gasteiger partial charge is 0.380 e. The molecule has 25 heavy (non-hydrogen) atoms. The molecular weight excluding hydrogens is 310 g/mol. The number of carbonyl (C=O) groups is 1. The molecule has 0 aromatic heterocycles. The summed E-state index contributed by atoms with van der Waals surface area (Å²) >= 11 is 0. The van der Waals surface area contributed by atoms with Crippen LogP contribution in [0, 0.1) is 11.3 Å². The van der Waals surface area contributed by atoms with Gasteiger partial charge in [-0.15, -0.1) is 0 Å². The van der Waals surface area contributed by atoms with E-state index in [4.69, 9.17) is 0 Å². The van der Waals surface area contributed by atoms with Crippen LogP contribution in [0.2, 0.25) is 0 Å². The molecule has 0 atom stereocenters. The van der Waals surface area contributed by atoms with Crippen LogP contribution in [0.15, 0.2) is 42.5 Å². The zero-order chi connectivity index (χ0) is 17.6. The van der Waals surface area contributed by atoms with Crippen molar-refractivity contribution in [3.05, 3.63) is 64.7 Å². The first kappa shape index (κ1) is 17.2. The van der Waals surface area contributed by atoms with E-state index in [1.54, 1.807) is 18.2 Å². The number of nitriles is 1. The van der Waals surface area contributed by atoms with Crippen molar-refractivity contribution < 1.29 is 4.79 Å². The molecular formula is C21H23N3O. The monoisotopic (exact) mass is 333 g/mol. The molecule has 0 amide bonds. The zero-order valence-corrected chi connectivity index (χ0v) is 14.6. The van der Waals surface area contributed by atoms with Gasteiger partial charge in [-0.05, 0) is 62.2 Å². The van der Waals surface area contributed by atoms with Crippen LogP contribution in [0.5, 0.6) is 0 Å². The molecule has 0 unspecified atom stereocenters. The van der Waals surface area contributed by atoms with Gasteiger partial charge in [0.2, 0.25) is 0 Å². The van der Waals surface area contributed by atoms with Gasteiger partial charge in [-0.1, -0.05) is 24.3 Å². The molecule has 0 aliphatic carbocycles. The van der Waals surface area contributed by atoms with Crippen LogP contribution in [0.1, 0.15) is 46.8 Å². The molecule has 3 rings (SSSR count). The minimum Gasteiger partial charge on any atom is -0.380 e. The van der Waals surface area contributed by atoms with Gasteiger partial charge >= 0.3 is 0 Å². The number of hydrogen-bond acceptors (Lipinski definition) is 4. The fraction of sp³-hybridized carbons (Fsp3) is 0.333. The first-order chi connectivity index (χ1) is 12.2. The number of nitrogens with one attached hydrogen (secondary N) is 1. The lowest BCUT2D eigenvalue weighted by Crippen LogP contribution is -2.18. The van der Waals surface area contributed by atoms with E-state index in [2.05, 4.69) is 40.6 Å². The van der Waals surface area contributed by atoms with Gasteiger partial charge in [0.15, 0.2) is 5.78 Å². The molecule has 0 spiro atoms. The normalized spacial score (nSPS) is 14.2. The van der Waals surface area contributed by atoms with Crippen molar-refractivity contribution in [3.63, 3.8) is 0 Å². The average Bonchev–Trinajstić information content (AvgIpc) is 3.13. The zero-order valence-electron chi connectivity index (χ0n) is 14.6. The molecule has 1 aliphatic heterocycles. The molecule has 1 N–H and O–H groups in total. The number of benzene rings is 2. The van der Waals surface area contributed by atoms with Gasteiger partial charge in [0.25, 0.3) is 0 Å². The maximum atomic E-state index is 11.6. The van der Waals surface area contributed by atoms with E-state index in [0.29, 0.717) is 23.4 Å². The summed E-state index contributed by atoms with van der Waals surface area (Å²) in [6.45, 7) is 5.53. The highest BCUT2D eigenvalue weighted by molar-refractivity contribution is 5.95. The number of carbonyl (C=O) groups excluding carboxylic acids is 1. The third-order valence-electron chi connectivity index (χ3n) is 4.63. The fourth-order valence-corrected chi connectivity index (χ4v) is 3.24. The molecule has 0 bridgehead atoms. The van der Waals surface area contributed by atoms with Gasteiger partial charge in [0, 0.05) is 18.7 Å². The Morgan fingerprint density at radius 2 is 1.92 bits per heavy atom. The van der Waals surface area contributed by atoms with Crippen molar-refractivity contribution in [2.75, 3.05) is 18.4 Å². The molecule has 0 saturated carbocycles. The second-order valence-electron chi connectivity index (χ2n) is 6.59. The minimum atomic E-state index is 0.000139. The van der Waals surface area contributed by atoms with Crippen LogP contribution in [-0.4, -0.2) is 23.8 Å². The van der Waals surface area contributed by atoms with E-state index < -0.39 is 0 Å². The van der Waals surface area contributed by atoms with Gasteiger partial charge < -0.3 is 5.32 Å². The number of ketones is 1. The topological polar surface area (TPSA) is 56.1 Å². The van der Waals surface area contributed by atoms with Crippen molar-refractivity contribution in [3.8, 4) is 6.07 Å². The first-order valence-electron chi connectivity index (χ1n) is 8.75. The number of Topliss-reactive ketones (excluding diaryl/α,β-unsaturated/α-hetero) is 1. The highest BCUT2D eigenvalue weighted by Gasteiger charge is 2.12. The summed E-state index contributed by atoms with van der Waals surface area (Å²) < 4.78 is 0. The smallest absolute Gasteiger partial charge is 0.159 e. The highest BCUT2D eigenvalue weighted by atomic mass is 16.1. The second kappa shape index (κ2) is 7.96. The number of rotatable bonds is 6. The van der Waals surface area contributed by atoms with Crippen molar-refractivity contribution in [1.82, 2.24) is 4.90 Å². The Morgan fingerprint density at radius 1 is 1.16 bits per heavy atom. The quantitative estimate of drug-likeness (QED) is 0.813. The lowest BCUT2D eigenvalue weighted by molar-refractivity contribution is 0.101. The third-order valence-corrected chi connectivity index (χ3v) is 4.63. The molecule has 1 aliphatic rings. The van der Waals surface area contributed by atoms with Crippen LogP contribution in [0.25, 0.3) is 0 Å². The van der Waals surface area contributed by atoms with E-state index in [0.717, 1.165) is 6.54 Å². The number of hydrogen-bond donors (Lipinski definition) is 1. The van der Waals surface area contributed by atoms with Crippen LogP contribution < -0.4 is 5.32 Å². The van der Waals surface area contributed by atoms with E-state index in [-0.39, 0.29) is 5.78 Å². The summed E-state index contributed by atoms with van der Waals surface area (Å²) in [5.41, 5.74) is 4.37. The van der Waals surface area contributed by atoms with Crippen LogP contribution in [0.3, 0.4) is 0 Å². The molecule has 4 nitrogen and oxygen atoms in total. The van der Waals surface area contributed by atoms with Crippen molar-refractivity contribution in [1.29, 1.82) is 5.26 Å². The van der Waals surface area contributed by atoms with Crippen LogP contribution in [-0.2, 0) is 13.1 Å². The number of likely N-dealkylation sites (tertiary alicyclic amines) is 1. The fourth-order valence-electron chi connectivity index (χ4n) is 3.24. The first-order valence-corrected chi connectivity index (χ1v) is 8.75. The average molecular weight is 333 g/mol. The van der Waals surface area contributed by atoms with Crippen molar-refractivity contribution in [2.45, 2.75) is 32.9 Å². The Bertz CT molecular complexity index is 801. The van der Waals surface area contributed by atoms with Gasteiger partial charge in [0.05, 0.1) is 11.3 Å². The number of nitrogens with zero attached hydrogens (tertiary/aromatic N) is 2. The molecule has 1 fully saturated rings. The SMILES string of the molecule is CC(=O)c1ccc(C#N)c(NCc2cccc(CN3CCCC3)c2)c1. The predicted molar refractivity (Wildman–Crippen MR) is 99.4 cm³/mol. The molecule has 4 heteroatoms. The molecule has 2 aromatic rings. The Kier molecular flexibility index (Phi) is 5.47. The summed E-state index contributed by atoms with van der Waals surface area (Å²) in [6.07, 6.45) is 2.59. The maximum absolute atomic E-state index is 11.6. The Morgan fingerprint density at radius 3 is 2.64 bits per heavy atom. The molecule has 0 radical (unpaired) electrons. The Hall–Kier alpha value is -2.64.